The Hall–Kier alpha value is -3.13. The SMILES string of the molecule is CCCS(=O)(=O)Nc1ccc(NC(=O)C2CCN(C(=O)/C=C/c3ccccc3)CC2)cc1. The van der Waals surface area contributed by atoms with Gasteiger partial charge in [0.15, 0.2) is 0 Å². The van der Waals surface area contributed by atoms with Crippen molar-refractivity contribution >= 4 is 39.3 Å². The minimum Gasteiger partial charge on any atom is -0.339 e. The number of benzene rings is 2. The molecule has 3 rings (SSSR count). The number of carbonyl (C=O) groups excluding carboxylic acids is 2. The van der Waals surface area contributed by atoms with Gasteiger partial charge in [-0.1, -0.05) is 37.3 Å². The topological polar surface area (TPSA) is 95.6 Å². The molecule has 1 heterocycles. The zero-order valence-corrected chi connectivity index (χ0v) is 19.0. The lowest BCUT2D eigenvalue weighted by atomic mass is 9.95. The largest absolute Gasteiger partial charge is 0.339 e. The van der Waals surface area contributed by atoms with Gasteiger partial charge in [0.2, 0.25) is 21.8 Å². The fraction of sp³-hybridized carbons (Fsp3) is 0.333. The molecule has 0 spiro atoms. The molecule has 0 saturated carbocycles. The van der Waals surface area contributed by atoms with Crippen LogP contribution in [0.1, 0.15) is 31.7 Å². The molecule has 2 aromatic carbocycles. The van der Waals surface area contributed by atoms with E-state index in [0.29, 0.717) is 43.7 Å². The quantitative estimate of drug-likeness (QED) is 0.593. The van der Waals surface area contributed by atoms with Gasteiger partial charge in [-0.25, -0.2) is 8.42 Å². The van der Waals surface area contributed by atoms with E-state index in [9.17, 15) is 18.0 Å². The molecule has 0 aromatic heterocycles. The first-order valence-electron chi connectivity index (χ1n) is 10.8. The van der Waals surface area contributed by atoms with Crippen molar-refractivity contribution in [3.8, 4) is 0 Å². The molecule has 0 atom stereocenters. The Morgan fingerprint density at radius 1 is 1.00 bits per heavy atom. The number of sulfonamides is 1. The van der Waals surface area contributed by atoms with Gasteiger partial charge in [0.25, 0.3) is 0 Å². The minimum atomic E-state index is -3.34. The average molecular weight is 456 g/mol. The zero-order valence-electron chi connectivity index (χ0n) is 18.2. The normalized spacial score (nSPS) is 15.0. The Labute approximate surface area is 189 Å². The molecule has 1 aliphatic rings. The van der Waals surface area contributed by atoms with Gasteiger partial charge in [-0.05, 0) is 55.2 Å². The van der Waals surface area contributed by atoms with Crippen molar-refractivity contribution in [3.05, 3.63) is 66.2 Å². The number of amides is 2. The molecule has 1 saturated heterocycles. The number of hydrogen-bond donors (Lipinski definition) is 2. The average Bonchev–Trinajstić information content (AvgIpc) is 2.79. The third kappa shape index (κ3) is 6.95. The van der Waals surface area contributed by atoms with E-state index in [1.54, 1.807) is 48.2 Å². The number of carbonyl (C=O) groups is 2. The van der Waals surface area contributed by atoms with Gasteiger partial charge in [-0.15, -0.1) is 0 Å². The van der Waals surface area contributed by atoms with Crippen LogP contribution in [0.5, 0.6) is 0 Å². The van der Waals surface area contributed by atoms with Crippen LogP contribution in [0, 0.1) is 5.92 Å². The number of anilines is 2. The number of hydrogen-bond acceptors (Lipinski definition) is 4. The lowest BCUT2D eigenvalue weighted by molar-refractivity contribution is -0.130. The smallest absolute Gasteiger partial charge is 0.246 e. The Kier molecular flexibility index (Phi) is 8.05. The second kappa shape index (κ2) is 10.9. The molecule has 8 heteroatoms. The third-order valence-electron chi connectivity index (χ3n) is 5.29. The summed E-state index contributed by atoms with van der Waals surface area (Å²) in [6, 6.07) is 16.3. The molecular weight excluding hydrogens is 426 g/mol. The molecule has 2 N–H and O–H groups in total. The lowest BCUT2D eigenvalue weighted by Crippen LogP contribution is -2.40. The van der Waals surface area contributed by atoms with E-state index in [2.05, 4.69) is 10.0 Å². The highest BCUT2D eigenvalue weighted by molar-refractivity contribution is 7.92. The summed E-state index contributed by atoms with van der Waals surface area (Å²) in [4.78, 5) is 26.8. The van der Waals surface area contributed by atoms with E-state index in [-0.39, 0.29) is 23.5 Å². The molecule has 2 amide bonds. The van der Waals surface area contributed by atoms with Crippen LogP contribution in [0.2, 0.25) is 0 Å². The lowest BCUT2D eigenvalue weighted by Gasteiger charge is -2.30. The maximum absolute atomic E-state index is 12.6. The summed E-state index contributed by atoms with van der Waals surface area (Å²) < 4.78 is 26.2. The summed E-state index contributed by atoms with van der Waals surface area (Å²) in [5, 5.41) is 2.88. The van der Waals surface area contributed by atoms with Gasteiger partial charge in [0, 0.05) is 36.5 Å². The first-order valence-corrected chi connectivity index (χ1v) is 12.4. The Bertz CT molecular complexity index is 1040. The van der Waals surface area contributed by atoms with Crippen molar-refractivity contribution in [2.75, 3.05) is 28.9 Å². The van der Waals surface area contributed by atoms with Gasteiger partial charge in [0.1, 0.15) is 0 Å². The summed E-state index contributed by atoms with van der Waals surface area (Å²) in [5.74, 6) is -0.237. The molecule has 0 aliphatic carbocycles. The fourth-order valence-corrected chi connectivity index (χ4v) is 4.70. The van der Waals surface area contributed by atoms with E-state index in [1.807, 2.05) is 30.3 Å². The monoisotopic (exact) mass is 455 g/mol. The second-order valence-corrected chi connectivity index (χ2v) is 9.67. The Balaban J connectivity index is 1.47. The molecule has 0 unspecified atom stereocenters. The number of nitrogens with one attached hydrogen (secondary N) is 2. The van der Waals surface area contributed by atoms with E-state index < -0.39 is 10.0 Å². The molecule has 7 nitrogen and oxygen atoms in total. The van der Waals surface area contributed by atoms with Gasteiger partial charge in [-0.2, -0.15) is 0 Å². The van der Waals surface area contributed by atoms with Gasteiger partial charge in [-0.3, -0.25) is 14.3 Å². The van der Waals surface area contributed by atoms with Gasteiger partial charge < -0.3 is 10.2 Å². The Morgan fingerprint density at radius 3 is 2.25 bits per heavy atom. The van der Waals surface area contributed by atoms with Crippen LogP contribution < -0.4 is 10.0 Å². The van der Waals surface area contributed by atoms with E-state index in [1.165, 1.54) is 0 Å². The van der Waals surface area contributed by atoms with Crippen molar-refractivity contribution < 1.29 is 18.0 Å². The van der Waals surface area contributed by atoms with Crippen molar-refractivity contribution in [1.82, 2.24) is 4.90 Å². The molecular formula is C24H29N3O4S. The molecule has 0 bridgehead atoms. The zero-order chi connectivity index (χ0) is 23.0. The van der Waals surface area contributed by atoms with Crippen LogP contribution in [0.15, 0.2) is 60.7 Å². The highest BCUT2D eigenvalue weighted by atomic mass is 32.2. The summed E-state index contributed by atoms with van der Waals surface area (Å²) in [6.45, 7) is 2.88. The molecule has 0 radical (unpaired) electrons. The summed E-state index contributed by atoms with van der Waals surface area (Å²) >= 11 is 0. The van der Waals surface area contributed by atoms with Crippen LogP contribution in [-0.2, 0) is 19.6 Å². The number of piperidine rings is 1. The summed E-state index contributed by atoms with van der Waals surface area (Å²) in [6.07, 6.45) is 5.12. The van der Waals surface area contributed by atoms with Crippen molar-refractivity contribution in [1.29, 1.82) is 0 Å². The second-order valence-electron chi connectivity index (χ2n) is 7.83. The van der Waals surface area contributed by atoms with Crippen molar-refractivity contribution in [2.45, 2.75) is 26.2 Å². The highest BCUT2D eigenvalue weighted by Crippen LogP contribution is 2.21. The molecule has 32 heavy (non-hydrogen) atoms. The summed E-state index contributed by atoms with van der Waals surface area (Å²) in [7, 11) is -3.34. The highest BCUT2D eigenvalue weighted by Gasteiger charge is 2.26. The Morgan fingerprint density at radius 2 is 1.62 bits per heavy atom. The van der Waals surface area contributed by atoms with Crippen molar-refractivity contribution in [2.24, 2.45) is 5.92 Å². The number of rotatable bonds is 8. The van der Waals surface area contributed by atoms with E-state index in [0.717, 1.165) is 5.56 Å². The molecule has 1 fully saturated rings. The van der Waals surface area contributed by atoms with Crippen LogP contribution in [0.4, 0.5) is 11.4 Å². The maximum atomic E-state index is 12.6. The predicted molar refractivity (Wildman–Crippen MR) is 128 cm³/mol. The van der Waals surface area contributed by atoms with Crippen LogP contribution in [0.3, 0.4) is 0 Å². The fourth-order valence-electron chi connectivity index (χ4n) is 3.56. The first kappa shape index (κ1) is 23.5. The first-order chi connectivity index (χ1) is 15.4. The molecule has 1 aliphatic heterocycles. The van der Waals surface area contributed by atoms with Gasteiger partial charge in [0.05, 0.1) is 5.75 Å². The summed E-state index contributed by atoms with van der Waals surface area (Å²) in [5.41, 5.74) is 2.05. The maximum Gasteiger partial charge on any atom is 0.246 e. The molecule has 2 aromatic rings. The standard InChI is InChI=1S/C24H29N3O4S/c1-2-18-32(30,31)26-22-11-9-21(10-12-22)25-24(29)20-14-16-27(17-15-20)23(28)13-8-19-6-4-3-5-7-19/h3-13,20,26H,2,14-18H2,1H3,(H,25,29)/b13-8+. The van der Waals surface area contributed by atoms with Crippen LogP contribution in [0.25, 0.3) is 6.08 Å². The predicted octanol–water partition coefficient (Wildman–Crippen LogP) is 3.73. The number of nitrogens with zero attached hydrogens (tertiary/aromatic N) is 1. The van der Waals surface area contributed by atoms with Crippen LogP contribution >= 0.6 is 0 Å². The van der Waals surface area contributed by atoms with Crippen molar-refractivity contribution in [3.63, 3.8) is 0 Å². The molecule has 170 valence electrons. The number of likely N-dealkylation sites (tertiary alicyclic amines) is 1. The van der Waals surface area contributed by atoms with E-state index in [4.69, 9.17) is 0 Å². The van der Waals surface area contributed by atoms with E-state index >= 15 is 0 Å². The minimum absolute atomic E-state index is 0.0474. The van der Waals surface area contributed by atoms with Gasteiger partial charge >= 0.3 is 0 Å². The third-order valence-corrected chi connectivity index (χ3v) is 6.79. The van der Waals surface area contributed by atoms with Crippen LogP contribution in [-0.4, -0.2) is 44.0 Å².